The number of nitrogens with one attached hydrogen (secondary N) is 2. The molecule has 6 nitrogen and oxygen atoms in total. The fraction of sp³-hybridized carbons (Fsp3) is 0.400. The van der Waals surface area contributed by atoms with Crippen LogP contribution in [-0.4, -0.2) is 36.5 Å². The van der Waals surface area contributed by atoms with Crippen LogP contribution in [0.3, 0.4) is 0 Å². The molecule has 0 aromatic heterocycles. The Morgan fingerprint density at radius 1 is 1.52 bits per heavy atom. The minimum absolute atomic E-state index is 0.174. The third-order valence-electron chi connectivity index (χ3n) is 4.07. The topological polar surface area (TPSA) is 85.2 Å². The van der Waals surface area contributed by atoms with Crippen molar-refractivity contribution in [3.05, 3.63) is 35.4 Å². The van der Waals surface area contributed by atoms with Gasteiger partial charge in [0.25, 0.3) is 0 Å². The van der Waals surface area contributed by atoms with E-state index in [1.807, 2.05) is 18.2 Å². The van der Waals surface area contributed by atoms with Crippen LogP contribution >= 0.6 is 0 Å². The first-order chi connectivity index (χ1) is 10.0. The molecule has 1 saturated heterocycles. The fourth-order valence-corrected chi connectivity index (χ4v) is 2.63. The number of carbonyl (C=O) groups is 2. The average molecular weight is 284 g/mol. The van der Waals surface area contributed by atoms with Gasteiger partial charge in [-0.3, -0.25) is 4.79 Å². The van der Waals surface area contributed by atoms with E-state index in [4.69, 9.17) is 5.26 Å². The maximum Gasteiger partial charge on any atom is 0.317 e. The Morgan fingerprint density at radius 3 is 2.86 bits per heavy atom. The van der Waals surface area contributed by atoms with Gasteiger partial charge in [-0.15, -0.1) is 0 Å². The lowest BCUT2D eigenvalue weighted by molar-refractivity contribution is -0.123. The van der Waals surface area contributed by atoms with Gasteiger partial charge in [0.2, 0.25) is 5.91 Å². The van der Waals surface area contributed by atoms with E-state index < -0.39 is 6.04 Å². The van der Waals surface area contributed by atoms with E-state index in [0.717, 1.165) is 18.4 Å². The van der Waals surface area contributed by atoms with Crippen LogP contribution in [-0.2, 0) is 10.3 Å². The molecule has 1 atom stereocenters. The second kappa shape index (κ2) is 4.77. The molecule has 1 saturated carbocycles. The predicted molar refractivity (Wildman–Crippen MR) is 75.2 cm³/mol. The lowest BCUT2D eigenvalue weighted by Crippen LogP contribution is -2.47. The van der Waals surface area contributed by atoms with E-state index >= 15 is 0 Å². The number of benzene rings is 1. The summed E-state index contributed by atoms with van der Waals surface area (Å²) in [6.07, 6.45) is 1.70. The zero-order chi connectivity index (χ0) is 15.0. The Kier molecular flexibility index (Phi) is 3.05. The van der Waals surface area contributed by atoms with E-state index in [9.17, 15) is 9.59 Å². The minimum atomic E-state index is -0.515. The molecule has 2 N–H and O–H groups in total. The number of rotatable bonds is 3. The number of carbonyl (C=O) groups excluding carboxylic acids is 2. The number of amides is 3. The van der Waals surface area contributed by atoms with Crippen molar-refractivity contribution in [1.29, 1.82) is 5.26 Å². The van der Waals surface area contributed by atoms with Gasteiger partial charge >= 0.3 is 6.03 Å². The summed E-state index contributed by atoms with van der Waals surface area (Å²) in [5.74, 6) is -0.174. The van der Waals surface area contributed by atoms with Crippen molar-refractivity contribution in [2.75, 3.05) is 13.6 Å². The molecule has 0 bridgehead atoms. The Bertz CT molecular complexity index is 645. The molecule has 2 aliphatic rings. The summed E-state index contributed by atoms with van der Waals surface area (Å²) in [5.41, 5.74) is 1.16. The monoisotopic (exact) mass is 284 g/mol. The van der Waals surface area contributed by atoms with Crippen molar-refractivity contribution in [2.45, 2.75) is 24.4 Å². The number of nitriles is 1. The highest BCUT2D eigenvalue weighted by Crippen LogP contribution is 2.45. The highest BCUT2D eigenvalue weighted by atomic mass is 16.2. The van der Waals surface area contributed by atoms with Crippen LogP contribution in [0.25, 0.3) is 0 Å². The van der Waals surface area contributed by atoms with Gasteiger partial charge in [-0.2, -0.15) is 5.26 Å². The van der Waals surface area contributed by atoms with E-state index in [1.165, 1.54) is 4.90 Å². The van der Waals surface area contributed by atoms with Gasteiger partial charge in [-0.25, -0.2) is 4.79 Å². The van der Waals surface area contributed by atoms with Gasteiger partial charge in [-0.05, 0) is 30.5 Å². The average Bonchev–Trinajstić information content (AvgIpc) is 3.19. The smallest absolute Gasteiger partial charge is 0.317 e. The van der Waals surface area contributed by atoms with Crippen LogP contribution in [0.2, 0.25) is 0 Å². The SMILES string of the molecule is CN1C[C@H](C(=O)NC2(c3cccc(C#N)c3)CC2)NC1=O. The molecule has 3 rings (SSSR count). The number of likely N-dealkylation sites (N-methyl/N-ethyl adjacent to an activating group) is 1. The number of hydrogen-bond donors (Lipinski definition) is 2. The first-order valence-corrected chi connectivity index (χ1v) is 6.88. The van der Waals surface area contributed by atoms with E-state index in [1.54, 1.807) is 13.1 Å². The highest BCUT2D eigenvalue weighted by Gasteiger charge is 2.47. The summed E-state index contributed by atoms with van der Waals surface area (Å²) in [7, 11) is 1.66. The molecule has 3 amide bonds. The molecular weight excluding hydrogens is 268 g/mol. The second-order valence-electron chi connectivity index (χ2n) is 5.65. The summed E-state index contributed by atoms with van der Waals surface area (Å²) in [6.45, 7) is 0.374. The predicted octanol–water partition coefficient (Wildman–Crippen LogP) is 0.687. The van der Waals surface area contributed by atoms with Crippen molar-refractivity contribution in [3.63, 3.8) is 0 Å². The summed E-state index contributed by atoms with van der Waals surface area (Å²) >= 11 is 0. The lowest BCUT2D eigenvalue weighted by Gasteiger charge is -2.20. The largest absolute Gasteiger partial charge is 0.345 e. The first kappa shape index (κ1) is 13.4. The normalized spacial score (nSPS) is 22.4. The van der Waals surface area contributed by atoms with Gasteiger partial charge in [0.05, 0.1) is 23.7 Å². The molecule has 6 heteroatoms. The van der Waals surface area contributed by atoms with Crippen LogP contribution in [0.5, 0.6) is 0 Å². The van der Waals surface area contributed by atoms with Crippen LogP contribution in [0.4, 0.5) is 4.79 Å². The van der Waals surface area contributed by atoms with Crippen LogP contribution in [0, 0.1) is 11.3 Å². The van der Waals surface area contributed by atoms with Crippen LogP contribution < -0.4 is 10.6 Å². The molecular formula is C15H16N4O2. The Morgan fingerprint density at radius 2 is 2.29 bits per heavy atom. The van der Waals surface area contributed by atoms with E-state index in [0.29, 0.717) is 12.1 Å². The summed E-state index contributed by atoms with van der Waals surface area (Å²) in [4.78, 5) is 25.2. The lowest BCUT2D eigenvalue weighted by atomic mass is 10.0. The van der Waals surface area contributed by atoms with Gasteiger partial charge < -0.3 is 15.5 Å². The summed E-state index contributed by atoms with van der Waals surface area (Å²) < 4.78 is 0. The first-order valence-electron chi connectivity index (χ1n) is 6.88. The van der Waals surface area contributed by atoms with Gasteiger partial charge in [0.15, 0.2) is 0 Å². The van der Waals surface area contributed by atoms with E-state index in [2.05, 4.69) is 16.7 Å². The zero-order valence-corrected chi connectivity index (χ0v) is 11.7. The van der Waals surface area contributed by atoms with Gasteiger partial charge in [0, 0.05) is 7.05 Å². The molecule has 1 aliphatic heterocycles. The van der Waals surface area contributed by atoms with Crippen molar-refractivity contribution >= 4 is 11.9 Å². The number of nitrogens with zero attached hydrogens (tertiary/aromatic N) is 2. The molecule has 108 valence electrons. The minimum Gasteiger partial charge on any atom is -0.345 e. The summed E-state index contributed by atoms with van der Waals surface area (Å²) in [6, 6.07) is 8.67. The molecule has 0 radical (unpaired) electrons. The van der Waals surface area contributed by atoms with Crippen LogP contribution in [0.15, 0.2) is 24.3 Å². The van der Waals surface area contributed by atoms with E-state index in [-0.39, 0.29) is 17.5 Å². The fourth-order valence-electron chi connectivity index (χ4n) is 2.63. The summed E-state index contributed by atoms with van der Waals surface area (Å²) in [5, 5.41) is 14.6. The Hall–Kier alpha value is -2.55. The molecule has 1 aromatic rings. The number of hydrogen-bond acceptors (Lipinski definition) is 3. The van der Waals surface area contributed by atoms with Gasteiger partial charge in [-0.1, -0.05) is 12.1 Å². The zero-order valence-electron chi connectivity index (χ0n) is 11.7. The molecule has 0 unspecified atom stereocenters. The highest BCUT2D eigenvalue weighted by molar-refractivity contribution is 5.91. The quantitative estimate of drug-likeness (QED) is 0.856. The maximum absolute atomic E-state index is 12.3. The third kappa shape index (κ3) is 2.42. The molecule has 1 aliphatic carbocycles. The van der Waals surface area contributed by atoms with Crippen molar-refractivity contribution in [3.8, 4) is 6.07 Å². The molecule has 21 heavy (non-hydrogen) atoms. The molecule has 1 aromatic carbocycles. The third-order valence-corrected chi connectivity index (χ3v) is 4.07. The van der Waals surface area contributed by atoms with Crippen LogP contribution in [0.1, 0.15) is 24.0 Å². The molecule has 0 spiro atoms. The van der Waals surface area contributed by atoms with Crippen molar-refractivity contribution in [1.82, 2.24) is 15.5 Å². The second-order valence-corrected chi connectivity index (χ2v) is 5.65. The van der Waals surface area contributed by atoms with Crippen molar-refractivity contribution in [2.24, 2.45) is 0 Å². The maximum atomic E-state index is 12.3. The Balaban J connectivity index is 1.74. The van der Waals surface area contributed by atoms with Gasteiger partial charge in [0.1, 0.15) is 6.04 Å². The molecule has 1 heterocycles. The Labute approximate surface area is 122 Å². The standard InChI is InChI=1S/C15H16N4O2/c1-19-9-12(17-14(19)21)13(20)18-15(5-6-15)11-4-2-3-10(7-11)8-16/h2-4,7,12H,5-6,9H2,1H3,(H,17,21)(H,18,20)/t12-/m1/s1. The van der Waals surface area contributed by atoms with Crippen molar-refractivity contribution < 1.29 is 9.59 Å². The number of urea groups is 1. The molecule has 2 fully saturated rings.